The van der Waals surface area contributed by atoms with Crippen molar-refractivity contribution in [1.29, 1.82) is 0 Å². The summed E-state index contributed by atoms with van der Waals surface area (Å²) in [7, 11) is 1.44. The second kappa shape index (κ2) is 6.89. The van der Waals surface area contributed by atoms with Gasteiger partial charge in [-0.15, -0.1) is 5.10 Å². The number of aromatic nitrogens is 3. The minimum Gasteiger partial charge on any atom is -0.472 e. The molecule has 6 nitrogen and oxygen atoms in total. The van der Waals surface area contributed by atoms with E-state index in [1.54, 1.807) is 13.0 Å². The number of carbonyl (C=O) groups excluding carboxylic acids is 1. The summed E-state index contributed by atoms with van der Waals surface area (Å²) in [6.45, 7) is 1.74. The van der Waals surface area contributed by atoms with E-state index in [0.717, 1.165) is 23.5 Å². The fourth-order valence-corrected chi connectivity index (χ4v) is 2.71. The molecule has 0 spiro atoms. The van der Waals surface area contributed by atoms with Gasteiger partial charge >= 0.3 is 0 Å². The maximum Gasteiger partial charge on any atom is 0.295 e. The van der Waals surface area contributed by atoms with Crippen molar-refractivity contribution in [3.63, 3.8) is 0 Å². The van der Waals surface area contributed by atoms with Crippen LogP contribution in [0.25, 0.3) is 11.1 Å². The molecule has 0 bridgehead atoms. The zero-order valence-corrected chi connectivity index (χ0v) is 14.0. The van der Waals surface area contributed by atoms with Crippen LogP contribution in [0.5, 0.6) is 5.19 Å². The highest BCUT2D eigenvalue weighted by atomic mass is 32.1. The van der Waals surface area contributed by atoms with Crippen LogP contribution in [0.1, 0.15) is 16.1 Å². The summed E-state index contributed by atoms with van der Waals surface area (Å²) >= 11 is 1.06. The molecule has 1 aromatic carbocycles. The van der Waals surface area contributed by atoms with Gasteiger partial charge in [-0.1, -0.05) is 11.2 Å². The van der Waals surface area contributed by atoms with Gasteiger partial charge in [0, 0.05) is 11.9 Å². The molecule has 0 saturated carbocycles. The zero-order chi connectivity index (χ0) is 18.0. The van der Waals surface area contributed by atoms with Gasteiger partial charge in [-0.25, -0.2) is 8.78 Å². The molecule has 0 aliphatic carbocycles. The molecular formula is C16H12F2N4O2S. The molecule has 1 N–H and O–H groups in total. The Bertz CT molecular complexity index is 946. The maximum atomic E-state index is 13.6. The van der Waals surface area contributed by atoms with Crippen molar-refractivity contribution < 1.29 is 18.3 Å². The van der Waals surface area contributed by atoms with Crippen LogP contribution < -0.4 is 10.1 Å². The van der Waals surface area contributed by atoms with Gasteiger partial charge in [0.1, 0.15) is 0 Å². The number of nitrogens with one attached hydrogen (secondary N) is 1. The average molecular weight is 362 g/mol. The van der Waals surface area contributed by atoms with Gasteiger partial charge in [0.15, 0.2) is 11.6 Å². The molecule has 0 aliphatic heterocycles. The van der Waals surface area contributed by atoms with Crippen LogP contribution in [-0.2, 0) is 0 Å². The van der Waals surface area contributed by atoms with Crippen molar-refractivity contribution in [2.45, 2.75) is 6.92 Å². The fraction of sp³-hybridized carbons (Fsp3) is 0.125. The van der Waals surface area contributed by atoms with Crippen LogP contribution in [0.4, 0.5) is 13.9 Å². The molecule has 3 aromatic rings. The van der Waals surface area contributed by atoms with Crippen molar-refractivity contribution in [1.82, 2.24) is 15.2 Å². The third kappa shape index (κ3) is 3.61. The molecule has 128 valence electrons. The second-order valence-electron chi connectivity index (χ2n) is 5.03. The maximum absolute atomic E-state index is 13.6. The molecule has 0 unspecified atom stereocenters. The van der Waals surface area contributed by atoms with Crippen LogP contribution in [-0.4, -0.2) is 28.2 Å². The summed E-state index contributed by atoms with van der Waals surface area (Å²) in [6, 6.07) is 5.08. The molecule has 0 saturated heterocycles. The normalized spacial score (nSPS) is 10.6. The Kier molecular flexibility index (Phi) is 4.66. The molecule has 3 rings (SSSR count). The summed E-state index contributed by atoms with van der Waals surface area (Å²) in [5.41, 5.74) is 1.63. The van der Waals surface area contributed by atoms with E-state index >= 15 is 0 Å². The zero-order valence-electron chi connectivity index (χ0n) is 13.2. The molecule has 0 radical (unpaired) electrons. The predicted molar refractivity (Wildman–Crippen MR) is 88.7 cm³/mol. The van der Waals surface area contributed by atoms with Gasteiger partial charge in [-0.2, -0.15) is 0 Å². The first-order valence-electron chi connectivity index (χ1n) is 7.09. The number of hydrogen-bond acceptors (Lipinski definition) is 6. The number of halogens is 2. The third-order valence-corrected chi connectivity index (χ3v) is 4.12. The highest BCUT2D eigenvalue weighted by Crippen LogP contribution is 2.27. The van der Waals surface area contributed by atoms with E-state index in [0.29, 0.717) is 22.0 Å². The summed E-state index contributed by atoms with van der Waals surface area (Å²) in [5, 5.41) is 10.6. The molecular weight excluding hydrogens is 350 g/mol. The molecule has 0 atom stereocenters. The minimum absolute atomic E-state index is 0.200. The molecule has 1 amide bonds. The summed E-state index contributed by atoms with van der Waals surface area (Å²) in [5.74, 6) is -2.44. The van der Waals surface area contributed by atoms with Crippen LogP contribution >= 0.6 is 11.3 Å². The largest absolute Gasteiger partial charge is 0.472 e. The molecule has 9 heteroatoms. The van der Waals surface area contributed by atoms with Crippen LogP contribution in [0.3, 0.4) is 0 Å². The monoisotopic (exact) mass is 362 g/mol. The molecule has 0 fully saturated rings. The minimum atomic E-state index is -0.993. The number of aryl methyl sites for hydroxylation is 1. The topological polar surface area (TPSA) is 77.0 Å². The Balaban J connectivity index is 1.98. The predicted octanol–water partition coefficient (Wildman–Crippen LogP) is 3.45. The van der Waals surface area contributed by atoms with Gasteiger partial charge in [-0.3, -0.25) is 15.1 Å². The Hall–Kier alpha value is -2.94. The van der Waals surface area contributed by atoms with E-state index < -0.39 is 17.5 Å². The van der Waals surface area contributed by atoms with Gasteiger partial charge in [0.25, 0.3) is 11.1 Å². The highest BCUT2D eigenvalue weighted by molar-refractivity contribution is 7.17. The van der Waals surface area contributed by atoms with Crippen LogP contribution in [0.2, 0.25) is 0 Å². The molecule has 2 aromatic heterocycles. The summed E-state index contributed by atoms with van der Waals surface area (Å²) < 4.78 is 31.7. The molecule has 0 aliphatic rings. The van der Waals surface area contributed by atoms with Crippen molar-refractivity contribution in [2.75, 3.05) is 12.4 Å². The fourth-order valence-electron chi connectivity index (χ4n) is 2.15. The van der Waals surface area contributed by atoms with E-state index in [2.05, 4.69) is 20.5 Å². The lowest BCUT2D eigenvalue weighted by Crippen LogP contribution is -2.14. The SMILES string of the molecule is COc1nnc(NC(=O)c2cnc(C)cc2-c2ccc(F)c(F)c2)s1. The lowest BCUT2D eigenvalue weighted by atomic mass is 10.00. The van der Waals surface area contributed by atoms with Gasteiger partial charge < -0.3 is 4.74 Å². The molecule has 25 heavy (non-hydrogen) atoms. The number of anilines is 1. The number of rotatable bonds is 4. The van der Waals surface area contributed by atoms with Crippen LogP contribution in [0, 0.1) is 18.6 Å². The quantitative estimate of drug-likeness (QED) is 0.769. The Morgan fingerprint density at radius 2 is 2.00 bits per heavy atom. The smallest absolute Gasteiger partial charge is 0.295 e. The number of hydrogen-bond donors (Lipinski definition) is 1. The number of ether oxygens (including phenoxy) is 1. The Morgan fingerprint density at radius 1 is 1.20 bits per heavy atom. The van der Waals surface area contributed by atoms with Crippen molar-refractivity contribution >= 4 is 22.4 Å². The van der Waals surface area contributed by atoms with Gasteiger partial charge in [-0.05, 0) is 47.6 Å². The van der Waals surface area contributed by atoms with Crippen molar-refractivity contribution in [2.24, 2.45) is 0 Å². The standard InChI is InChI=1S/C16H12F2N4O2S/c1-8-5-10(9-3-4-12(17)13(18)6-9)11(7-19-8)14(23)20-15-21-22-16(24-2)25-15/h3-7H,1-2H3,(H,20,21,23). The molecule has 2 heterocycles. The average Bonchev–Trinajstić information content (AvgIpc) is 3.04. The first-order chi connectivity index (χ1) is 12.0. The van der Waals surface area contributed by atoms with Crippen molar-refractivity contribution in [3.8, 4) is 16.3 Å². The first kappa shape index (κ1) is 16.9. The summed E-state index contributed by atoms with van der Waals surface area (Å²) in [4.78, 5) is 16.7. The lowest BCUT2D eigenvalue weighted by molar-refractivity contribution is 0.102. The third-order valence-electron chi connectivity index (χ3n) is 3.32. The number of methoxy groups -OCH3 is 1. The number of amides is 1. The highest BCUT2D eigenvalue weighted by Gasteiger charge is 2.17. The van der Waals surface area contributed by atoms with Gasteiger partial charge in [0.05, 0.1) is 12.7 Å². The first-order valence-corrected chi connectivity index (χ1v) is 7.90. The number of carbonyl (C=O) groups is 1. The Labute approximate surface area is 145 Å². The second-order valence-corrected chi connectivity index (χ2v) is 5.97. The lowest BCUT2D eigenvalue weighted by Gasteiger charge is -2.10. The summed E-state index contributed by atoms with van der Waals surface area (Å²) in [6.07, 6.45) is 1.37. The van der Waals surface area contributed by atoms with E-state index in [9.17, 15) is 13.6 Å². The van der Waals surface area contributed by atoms with Crippen molar-refractivity contribution in [3.05, 3.63) is 53.4 Å². The number of pyridine rings is 1. The van der Waals surface area contributed by atoms with E-state index in [4.69, 9.17) is 4.74 Å². The Morgan fingerprint density at radius 3 is 2.68 bits per heavy atom. The van der Waals surface area contributed by atoms with Crippen LogP contribution in [0.15, 0.2) is 30.5 Å². The van der Waals surface area contributed by atoms with Gasteiger partial charge in [0.2, 0.25) is 5.13 Å². The van der Waals surface area contributed by atoms with E-state index in [1.807, 2.05) is 0 Å². The van der Waals surface area contributed by atoms with E-state index in [1.165, 1.54) is 19.4 Å². The van der Waals surface area contributed by atoms with E-state index in [-0.39, 0.29) is 10.7 Å². The number of benzene rings is 1. The number of nitrogens with zero attached hydrogens (tertiary/aromatic N) is 3.